The van der Waals surface area contributed by atoms with Gasteiger partial charge >= 0.3 is 0 Å². The number of rotatable bonds is 4. The van der Waals surface area contributed by atoms with E-state index < -0.39 is 17.4 Å². The molecule has 4 rings (SSSR count). The van der Waals surface area contributed by atoms with Crippen molar-refractivity contribution < 1.29 is 28.2 Å². The molecule has 2 amide bonds. The summed E-state index contributed by atoms with van der Waals surface area (Å²) in [5.41, 5.74) is -1.72. The van der Waals surface area contributed by atoms with E-state index in [4.69, 9.17) is 14.2 Å². The van der Waals surface area contributed by atoms with E-state index in [2.05, 4.69) is 0 Å². The van der Waals surface area contributed by atoms with Crippen LogP contribution in [0.3, 0.4) is 0 Å². The number of para-hydroxylation sites is 1. The van der Waals surface area contributed by atoms with Crippen LogP contribution in [-0.4, -0.2) is 79.1 Å². The second-order valence-electron chi connectivity index (χ2n) is 7.22. The fourth-order valence-electron chi connectivity index (χ4n) is 3.44. The third kappa shape index (κ3) is 3.91. The SMILES string of the molecule is O=C(COc1ccccc1)N1CCOC2(C1)CN(C(=O)C1(F)CC1)CCO2. The van der Waals surface area contributed by atoms with Gasteiger partial charge in [-0.3, -0.25) is 9.59 Å². The van der Waals surface area contributed by atoms with Crippen LogP contribution in [0.2, 0.25) is 0 Å². The summed E-state index contributed by atoms with van der Waals surface area (Å²) in [4.78, 5) is 27.9. The summed E-state index contributed by atoms with van der Waals surface area (Å²) in [5, 5.41) is 0. The molecule has 1 saturated carbocycles. The molecule has 1 atom stereocenters. The molecule has 3 fully saturated rings. The first kappa shape index (κ1) is 18.2. The van der Waals surface area contributed by atoms with Gasteiger partial charge in [0.05, 0.1) is 26.3 Å². The van der Waals surface area contributed by atoms with Gasteiger partial charge in [0, 0.05) is 13.1 Å². The van der Waals surface area contributed by atoms with Crippen molar-refractivity contribution in [3.05, 3.63) is 30.3 Å². The van der Waals surface area contributed by atoms with Crippen molar-refractivity contribution in [2.75, 3.05) is 46.0 Å². The van der Waals surface area contributed by atoms with Crippen molar-refractivity contribution in [2.45, 2.75) is 24.3 Å². The second kappa shape index (κ2) is 7.09. The van der Waals surface area contributed by atoms with Crippen LogP contribution in [0.15, 0.2) is 30.3 Å². The zero-order valence-corrected chi connectivity index (χ0v) is 15.1. The van der Waals surface area contributed by atoms with Gasteiger partial charge in [-0.15, -0.1) is 0 Å². The fraction of sp³-hybridized carbons (Fsp3) is 0.579. The number of halogens is 1. The number of ether oxygens (including phenoxy) is 3. The standard InChI is InChI=1S/C19H23FN2O5/c20-18(6-7-18)17(24)22-9-11-27-19(14-22)13-21(8-10-26-19)16(23)12-25-15-4-2-1-3-5-15/h1-5H,6-14H2. The molecule has 146 valence electrons. The highest BCUT2D eigenvalue weighted by Gasteiger charge is 2.55. The van der Waals surface area contributed by atoms with Gasteiger partial charge in [-0.05, 0) is 25.0 Å². The van der Waals surface area contributed by atoms with Crippen LogP contribution in [0.4, 0.5) is 4.39 Å². The molecule has 0 N–H and O–H groups in total. The highest BCUT2D eigenvalue weighted by atomic mass is 19.1. The number of benzene rings is 1. The number of morpholine rings is 2. The van der Waals surface area contributed by atoms with Gasteiger partial charge in [-0.1, -0.05) is 18.2 Å². The van der Waals surface area contributed by atoms with Gasteiger partial charge in [0.15, 0.2) is 12.3 Å². The zero-order chi connectivity index (χ0) is 18.9. The lowest BCUT2D eigenvalue weighted by molar-refractivity contribution is -0.287. The molecular formula is C19H23FN2O5. The first-order valence-electron chi connectivity index (χ1n) is 9.22. The third-order valence-corrected chi connectivity index (χ3v) is 5.13. The van der Waals surface area contributed by atoms with Crippen molar-refractivity contribution in [3.8, 4) is 5.75 Å². The van der Waals surface area contributed by atoms with Crippen molar-refractivity contribution in [3.63, 3.8) is 0 Å². The average molecular weight is 378 g/mol. The molecular weight excluding hydrogens is 355 g/mol. The molecule has 2 aliphatic heterocycles. The Hall–Kier alpha value is -2.19. The molecule has 1 aromatic rings. The van der Waals surface area contributed by atoms with Crippen LogP contribution in [0.25, 0.3) is 0 Å². The molecule has 0 radical (unpaired) electrons. The normalized spacial score (nSPS) is 26.7. The zero-order valence-electron chi connectivity index (χ0n) is 15.1. The Labute approximate surface area is 157 Å². The first-order valence-corrected chi connectivity index (χ1v) is 9.22. The van der Waals surface area contributed by atoms with Crippen molar-refractivity contribution in [1.29, 1.82) is 0 Å². The van der Waals surface area contributed by atoms with E-state index in [0.29, 0.717) is 25.4 Å². The van der Waals surface area contributed by atoms with E-state index in [1.54, 1.807) is 17.0 Å². The lowest BCUT2D eigenvalue weighted by Gasteiger charge is -2.47. The largest absolute Gasteiger partial charge is 0.484 e. The minimum Gasteiger partial charge on any atom is -0.484 e. The Morgan fingerprint density at radius 2 is 1.67 bits per heavy atom. The number of amides is 2. The van der Waals surface area contributed by atoms with E-state index >= 15 is 0 Å². The number of hydrogen-bond acceptors (Lipinski definition) is 5. The maximum atomic E-state index is 14.1. The Morgan fingerprint density at radius 1 is 1.04 bits per heavy atom. The van der Waals surface area contributed by atoms with E-state index in [9.17, 15) is 14.0 Å². The van der Waals surface area contributed by atoms with Crippen LogP contribution in [-0.2, 0) is 19.1 Å². The van der Waals surface area contributed by atoms with Gasteiger partial charge in [0.2, 0.25) is 5.79 Å². The number of alkyl halides is 1. The molecule has 27 heavy (non-hydrogen) atoms. The van der Waals surface area contributed by atoms with Gasteiger partial charge < -0.3 is 24.0 Å². The maximum absolute atomic E-state index is 14.1. The molecule has 3 aliphatic rings. The summed E-state index contributed by atoms with van der Waals surface area (Å²) < 4.78 is 31.2. The average Bonchev–Trinajstić information content (AvgIpc) is 3.45. The molecule has 2 heterocycles. The molecule has 0 aromatic heterocycles. The molecule has 2 saturated heterocycles. The van der Waals surface area contributed by atoms with E-state index in [-0.39, 0.29) is 45.1 Å². The summed E-state index contributed by atoms with van der Waals surface area (Å²) in [6, 6.07) is 9.11. The minimum absolute atomic E-state index is 0.0870. The number of carbonyl (C=O) groups is 2. The molecule has 7 nitrogen and oxygen atoms in total. The minimum atomic E-state index is -1.72. The van der Waals surface area contributed by atoms with Crippen LogP contribution in [0, 0.1) is 0 Å². The van der Waals surface area contributed by atoms with Gasteiger partial charge in [0.25, 0.3) is 11.8 Å². The number of nitrogens with zero attached hydrogens (tertiary/aromatic N) is 2. The van der Waals surface area contributed by atoms with Crippen LogP contribution in [0.1, 0.15) is 12.8 Å². The lowest BCUT2D eigenvalue weighted by Crippen LogP contribution is -2.64. The number of carbonyl (C=O) groups excluding carboxylic acids is 2. The molecule has 1 aliphatic carbocycles. The molecule has 8 heteroatoms. The van der Waals surface area contributed by atoms with Crippen molar-refractivity contribution in [1.82, 2.24) is 9.80 Å². The van der Waals surface area contributed by atoms with Crippen molar-refractivity contribution >= 4 is 11.8 Å². The topological polar surface area (TPSA) is 68.3 Å². The second-order valence-corrected chi connectivity index (χ2v) is 7.22. The van der Waals surface area contributed by atoms with E-state index in [1.807, 2.05) is 18.2 Å². The highest BCUT2D eigenvalue weighted by molar-refractivity contribution is 5.88. The molecule has 1 aromatic carbocycles. The van der Waals surface area contributed by atoms with Crippen molar-refractivity contribution in [2.24, 2.45) is 0 Å². The van der Waals surface area contributed by atoms with E-state index in [0.717, 1.165) is 0 Å². The smallest absolute Gasteiger partial charge is 0.260 e. The Balaban J connectivity index is 1.36. The third-order valence-electron chi connectivity index (χ3n) is 5.13. The van der Waals surface area contributed by atoms with Crippen LogP contribution in [0.5, 0.6) is 5.75 Å². The van der Waals surface area contributed by atoms with Gasteiger partial charge in [-0.2, -0.15) is 0 Å². The fourth-order valence-corrected chi connectivity index (χ4v) is 3.44. The monoisotopic (exact) mass is 378 g/mol. The van der Waals surface area contributed by atoms with E-state index in [1.165, 1.54) is 4.90 Å². The molecule has 1 spiro atoms. The quantitative estimate of drug-likeness (QED) is 0.781. The first-order chi connectivity index (χ1) is 13.0. The van der Waals surface area contributed by atoms with Gasteiger partial charge in [-0.25, -0.2) is 4.39 Å². The summed E-state index contributed by atoms with van der Waals surface area (Å²) >= 11 is 0. The summed E-state index contributed by atoms with van der Waals surface area (Å²) in [7, 11) is 0. The Morgan fingerprint density at radius 3 is 2.33 bits per heavy atom. The Kier molecular flexibility index (Phi) is 4.77. The van der Waals surface area contributed by atoms with Crippen LogP contribution >= 0.6 is 0 Å². The summed E-state index contributed by atoms with van der Waals surface area (Å²) in [5.74, 6) is -1.15. The highest BCUT2D eigenvalue weighted by Crippen LogP contribution is 2.42. The summed E-state index contributed by atoms with van der Waals surface area (Å²) in [6.07, 6.45) is 0.553. The predicted octanol–water partition coefficient (Wildman–Crippen LogP) is 0.981. The van der Waals surface area contributed by atoms with Gasteiger partial charge in [0.1, 0.15) is 5.75 Å². The lowest BCUT2D eigenvalue weighted by atomic mass is 10.1. The predicted molar refractivity (Wildman–Crippen MR) is 92.8 cm³/mol. The number of hydrogen-bond donors (Lipinski definition) is 0. The maximum Gasteiger partial charge on any atom is 0.260 e. The van der Waals surface area contributed by atoms with Crippen LogP contribution < -0.4 is 4.74 Å². The molecule has 1 unspecified atom stereocenters. The Bertz CT molecular complexity index is 707. The molecule has 0 bridgehead atoms. The summed E-state index contributed by atoms with van der Waals surface area (Å²) in [6.45, 7) is 1.53.